The van der Waals surface area contributed by atoms with Gasteiger partial charge in [-0.25, -0.2) is 0 Å². The van der Waals surface area contributed by atoms with E-state index in [1.54, 1.807) is 4.90 Å². The van der Waals surface area contributed by atoms with E-state index in [1.165, 1.54) is 24.8 Å². The number of aryl methyl sites for hydroxylation is 1. The molecule has 2 atom stereocenters. The molecule has 0 aliphatic carbocycles. The van der Waals surface area contributed by atoms with Crippen LogP contribution in [0.1, 0.15) is 68.4 Å². The van der Waals surface area contributed by atoms with Gasteiger partial charge in [0.25, 0.3) is 11.7 Å². The third-order valence-corrected chi connectivity index (χ3v) is 6.41. The normalized spacial score (nSPS) is 27.6. The average Bonchev–Trinajstić information content (AvgIpc) is 2.83. The van der Waals surface area contributed by atoms with Gasteiger partial charge >= 0.3 is 0 Å². The Morgan fingerprint density at radius 1 is 1.12 bits per heavy atom. The van der Waals surface area contributed by atoms with Gasteiger partial charge in [0.2, 0.25) is 0 Å². The molecule has 1 saturated heterocycles. The summed E-state index contributed by atoms with van der Waals surface area (Å²) in [4.78, 5) is 29.6. The van der Waals surface area contributed by atoms with Crippen LogP contribution in [-0.4, -0.2) is 40.8 Å². The fraction of sp³-hybridized carbons (Fsp3) is 0.545. The van der Waals surface area contributed by atoms with Crippen LogP contribution in [0.3, 0.4) is 0 Å². The van der Waals surface area contributed by atoms with Crippen molar-refractivity contribution < 1.29 is 9.59 Å². The second-order valence-electron chi connectivity index (χ2n) is 8.75. The van der Waals surface area contributed by atoms with Crippen LogP contribution in [-0.2, 0) is 4.79 Å². The predicted octanol–water partition coefficient (Wildman–Crippen LogP) is 3.96. The van der Waals surface area contributed by atoms with Gasteiger partial charge in [-0.15, -0.1) is 0 Å². The number of anilines is 1. The van der Waals surface area contributed by atoms with Crippen molar-refractivity contribution in [2.45, 2.75) is 71.5 Å². The second-order valence-corrected chi connectivity index (χ2v) is 8.75. The van der Waals surface area contributed by atoms with Crippen molar-refractivity contribution in [1.29, 1.82) is 0 Å². The molecule has 0 radical (unpaired) electrons. The molecule has 3 aliphatic heterocycles. The van der Waals surface area contributed by atoms with Gasteiger partial charge in [0.15, 0.2) is 0 Å². The highest BCUT2D eigenvalue weighted by atomic mass is 16.2. The van der Waals surface area contributed by atoms with Crippen molar-refractivity contribution in [2.24, 2.45) is 0 Å². The highest BCUT2D eigenvalue weighted by molar-refractivity contribution is 6.53. The van der Waals surface area contributed by atoms with Crippen molar-refractivity contribution in [1.82, 2.24) is 4.90 Å². The minimum absolute atomic E-state index is 0.359. The molecule has 0 N–H and O–H groups in total. The molecule has 4 rings (SSSR count). The van der Waals surface area contributed by atoms with Crippen molar-refractivity contribution >= 4 is 23.0 Å². The average molecular weight is 352 g/mol. The van der Waals surface area contributed by atoms with Gasteiger partial charge in [0, 0.05) is 24.2 Å². The minimum atomic E-state index is -0.490. The molecule has 0 bridgehead atoms. The topological polar surface area (TPSA) is 40.6 Å². The Morgan fingerprint density at radius 3 is 2.42 bits per heavy atom. The fourth-order valence-electron chi connectivity index (χ4n) is 5.01. The molecule has 138 valence electrons. The van der Waals surface area contributed by atoms with Gasteiger partial charge in [0.05, 0.1) is 16.8 Å². The quantitative estimate of drug-likeness (QED) is 0.757. The van der Waals surface area contributed by atoms with E-state index in [4.69, 9.17) is 0 Å². The molecule has 1 fully saturated rings. The van der Waals surface area contributed by atoms with Crippen molar-refractivity contribution in [2.75, 3.05) is 11.4 Å². The first-order valence-corrected chi connectivity index (χ1v) is 9.72. The summed E-state index contributed by atoms with van der Waals surface area (Å²) in [5.41, 5.74) is 4.13. The third kappa shape index (κ3) is 2.38. The van der Waals surface area contributed by atoms with Gasteiger partial charge in [-0.1, -0.05) is 24.6 Å². The Balaban J connectivity index is 1.83. The summed E-state index contributed by atoms with van der Waals surface area (Å²) < 4.78 is 0. The zero-order valence-corrected chi connectivity index (χ0v) is 16.4. The fourth-order valence-corrected chi connectivity index (χ4v) is 5.01. The molecular weight excluding hydrogens is 324 g/mol. The number of hydrogen-bond donors (Lipinski definition) is 0. The van der Waals surface area contributed by atoms with Gasteiger partial charge in [-0.3, -0.25) is 19.4 Å². The molecule has 0 spiro atoms. The molecule has 1 aromatic carbocycles. The van der Waals surface area contributed by atoms with Crippen molar-refractivity contribution in [3.05, 3.63) is 34.9 Å². The lowest BCUT2D eigenvalue weighted by molar-refractivity contribution is -0.115. The SMILES string of the molecule is Cc1ccc2c3c1C(=O)C(=O)N3C(C)(C)C=C2CN1[C@H](C)CCC[C@H]1C. The molecule has 26 heavy (non-hydrogen) atoms. The number of rotatable bonds is 2. The lowest BCUT2D eigenvalue weighted by atomic mass is 9.86. The summed E-state index contributed by atoms with van der Waals surface area (Å²) in [6.07, 6.45) is 5.95. The summed E-state index contributed by atoms with van der Waals surface area (Å²) in [5.74, 6) is -0.752. The standard InChI is InChI=1S/C22H28N2O2/c1-13-9-10-17-16(12-23-14(2)7-6-8-15(23)3)11-22(4,5)24-19(17)18(13)20(25)21(24)26/h9-11,14-15H,6-8,12H2,1-5H3/t14-,15-/m1/s1. The van der Waals surface area contributed by atoms with E-state index in [9.17, 15) is 9.59 Å². The van der Waals surface area contributed by atoms with Crippen molar-refractivity contribution in [3.63, 3.8) is 0 Å². The Bertz CT molecular complexity index is 827. The molecule has 0 unspecified atom stereocenters. The lowest BCUT2D eigenvalue weighted by Crippen LogP contribution is -2.49. The summed E-state index contributed by atoms with van der Waals surface area (Å²) >= 11 is 0. The van der Waals surface area contributed by atoms with Crippen LogP contribution in [0.25, 0.3) is 5.57 Å². The molecule has 4 nitrogen and oxygen atoms in total. The maximum Gasteiger partial charge on any atom is 0.300 e. The number of likely N-dealkylation sites (tertiary alicyclic amines) is 1. The maximum absolute atomic E-state index is 12.7. The third-order valence-electron chi connectivity index (χ3n) is 6.41. The summed E-state index contributed by atoms with van der Waals surface area (Å²) in [6.45, 7) is 11.5. The summed E-state index contributed by atoms with van der Waals surface area (Å²) in [6, 6.07) is 5.19. The number of piperidine rings is 1. The number of amides is 1. The number of Topliss-reactive ketones (excluding diaryl/α,β-unsaturated/α-hetero) is 1. The van der Waals surface area contributed by atoms with E-state index in [0.29, 0.717) is 17.6 Å². The molecule has 1 amide bonds. The van der Waals surface area contributed by atoms with Crippen LogP contribution in [0, 0.1) is 6.92 Å². The Morgan fingerprint density at radius 2 is 1.77 bits per heavy atom. The Kier molecular flexibility index (Phi) is 3.88. The molecular formula is C22H28N2O2. The monoisotopic (exact) mass is 352 g/mol. The highest BCUT2D eigenvalue weighted by Crippen LogP contribution is 2.46. The van der Waals surface area contributed by atoms with E-state index in [2.05, 4.69) is 30.9 Å². The van der Waals surface area contributed by atoms with Crippen LogP contribution in [0.4, 0.5) is 5.69 Å². The number of benzene rings is 1. The first-order chi connectivity index (χ1) is 12.2. The number of ketones is 1. The number of hydrogen-bond acceptors (Lipinski definition) is 3. The van der Waals surface area contributed by atoms with E-state index in [-0.39, 0.29) is 5.78 Å². The van der Waals surface area contributed by atoms with Crippen molar-refractivity contribution in [3.8, 4) is 0 Å². The van der Waals surface area contributed by atoms with Crippen LogP contribution in [0.2, 0.25) is 0 Å². The lowest BCUT2D eigenvalue weighted by Gasteiger charge is -2.43. The molecule has 0 aromatic heterocycles. The number of nitrogens with zero attached hydrogens (tertiary/aromatic N) is 2. The first-order valence-electron chi connectivity index (χ1n) is 9.72. The zero-order valence-electron chi connectivity index (χ0n) is 16.4. The van der Waals surface area contributed by atoms with E-state index in [1.807, 2.05) is 26.8 Å². The summed E-state index contributed by atoms with van der Waals surface area (Å²) in [5, 5.41) is 0. The van der Waals surface area contributed by atoms with Gasteiger partial charge < -0.3 is 0 Å². The minimum Gasteiger partial charge on any atom is -0.295 e. The van der Waals surface area contributed by atoms with E-state index in [0.717, 1.165) is 23.4 Å². The van der Waals surface area contributed by atoms with Crippen LogP contribution >= 0.6 is 0 Å². The van der Waals surface area contributed by atoms with Crippen LogP contribution in [0.15, 0.2) is 18.2 Å². The summed E-state index contributed by atoms with van der Waals surface area (Å²) in [7, 11) is 0. The zero-order chi connectivity index (χ0) is 18.8. The molecule has 4 heteroatoms. The Labute approximate surface area is 155 Å². The van der Waals surface area contributed by atoms with E-state index < -0.39 is 11.4 Å². The number of carbonyl (C=O) groups is 2. The molecule has 0 saturated carbocycles. The van der Waals surface area contributed by atoms with Gasteiger partial charge in [-0.2, -0.15) is 0 Å². The Hall–Kier alpha value is -1.94. The van der Waals surface area contributed by atoms with Crippen LogP contribution < -0.4 is 4.90 Å². The predicted molar refractivity (Wildman–Crippen MR) is 105 cm³/mol. The van der Waals surface area contributed by atoms with E-state index >= 15 is 0 Å². The smallest absolute Gasteiger partial charge is 0.295 e. The first kappa shape index (κ1) is 17.5. The highest BCUT2D eigenvalue weighted by Gasteiger charge is 2.47. The van der Waals surface area contributed by atoms with Gasteiger partial charge in [0.1, 0.15) is 0 Å². The molecule has 3 heterocycles. The number of carbonyl (C=O) groups excluding carboxylic acids is 2. The largest absolute Gasteiger partial charge is 0.300 e. The molecule has 3 aliphatic rings. The van der Waals surface area contributed by atoms with Crippen LogP contribution in [0.5, 0.6) is 0 Å². The molecule has 1 aromatic rings. The second kappa shape index (κ2) is 5.78. The van der Waals surface area contributed by atoms with Gasteiger partial charge in [-0.05, 0) is 58.6 Å². The maximum atomic E-state index is 12.7.